The van der Waals surface area contributed by atoms with Crippen LogP contribution in [0.5, 0.6) is 0 Å². The van der Waals surface area contributed by atoms with Crippen LogP contribution < -0.4 is 10.6 Å². The van der Waals surface area contributed by atoms with Gasteiger partial charge in [-0.25, -0.2) is 0 Å². The van der Waals surface area contributed by atoms with E-state index in [1.165, 1.54) is 11.3 Å². The van der Waals surface area contributed by atoms with E-state index in [4.69, 9.17) is 0 Å². The first-order valence-corrected chi connectivity index (χ1v) is 8.91. The molecule has 0 radical (unpaired) electrons. The molecule has 6 nitrogen and oxygen atoms in total. The van der Waals surface area contributed by atoms with Crippen molar-refractivity contribution < 1.29 is 9.59 Å². The highest BCUT2D eigenvalue weighted by atomic mass is 32.1. The lowest BCUT2D eigenvalue weighted by Gasteiger charge is -2.12. The summed E-state index contributed by atoms with van der Waals surface area (Å²) in [4.78, 5) is 23.9. The number of unbranched alkanes of at least 4 members (excludes halogenated alkanes) is 2. The van der Waals surface area contributed by atoms with Gasteiger partial charge < -0.3 is 5.32 Å². The van der Waals surface area contributed by atoms with Crippen molar-refractivity contribution in [1.29, 1.82) is 0 Å². The molecule has 128 valence electrons. The van der Waals surface area contributed by atoms with Crippen molar-refractivity contribution >= 4 is 28.3 Å². The maximum atomic E-state index is 12.1. The number of nitrogens with one attached hydrogen (secondary N) is 2. The zero-order chi connectivity index (χ0) is 17.4. The Morgan fingerprint density at radius 1 is 1.17 bits per heavy atom. The molecule has 0 fully saturated rings. The molecule has 2 rings (SSSR count). The lowest BCUT2D eigenvalue weighted by molar-refractivity contribution is -0.126. The van der Waals surface area contributed by atoms with Crippen molar-refractivity contribution in [3.63, 3.8) is 0 Å². The molecule has 0 bridgehead atoms. The molecular weight excluding hydrogens is 324 g/mol. The molecule has 1 unspecified atom stereocenters. The second-order valence-corrected chi connectivity index (χ2v) is 6.49. The smallest absolute Gasteiger partial charge is 0.248 e. The van der Waals surface area contributed by atoms with Crippen LogP contribution in [0.4, 0.5) is 5.13 Å². The van der Waals surface area contributed by atoms with Gasteiger partial charge in [0, 0.05) is 12.0 Å². The number of hydrogen-bond donors (Lipinski definition) is 2. The molecule has 1 atom stereocenters. The second-order valence-electron chi connectivity index (χ2n) is 5.51. The lowest BCUT2D eigenvalue weighted by atomic mass is 10.2. The van der Waals surface area contributed by atoms with Crippen LogP contribution in [0.25, 0.3) is 10.6 Å². The number of aromatic nitrogens is 2. The van der Waals surface area contributed by atoms with Gasteiger partial charge in [-0.15, -0.1) is 10.2 Å². The van der Waals surface area contributed by atoms with Crippen LogP contribution in [0.15, 0.2) is 30.3 Å². The van der Waals surface area contributed by atoms with E-state index in [1.54, 1.807) is 6.92 Å². The van der Waals surface area contributed by atoms with Crippen LogP contribution in [-0.2, 0) is 9.59 Å². The summed E-state index contributed by atoms with van der Waals surface area (Å²) >= 11 is 1.30. The summed E-state index contributed by atoms with van der Waals surface area (Å²) in [5.74, 6) is -0.400. The molecule has 0 aliphatic rings. The van der Waals surface area contributed by atoms with E-state index in [2.05, 4.69) is 27.8 Å². The number of rotatable bonds is 8. The van der Waals surface area contributed by atoms with Gasteiger partial charge >= 0.3 is 0 Å². The highest BCUT2D eigenvalue weighted by Crippen LogP contribution is 2.25. The van der Waals surface area contributed by atoms with Gasteiger partial charge in [-0.2, -0.15) is 0 Å². The molecule has 2 aromatic rings. The van der Waals surface area contributed by atoms with E-state index in [9.17, 15) is 9.59 Å². The number of anilines is 1. The zero-order valence-electron chi connectivity index (χ0n) is 13.9. The molecule has 0 saturated heterocycles. The third-order valence-electron chi connectivity index (χ3n) is 3.45. The van der Waals surface area contributed by atoms with E-state index in [0.29, 0.717) is 11.6 Å². The van der Waals surface area contributed by atoms with E-state index in [1.807, 2.05) is 30.3 Å². The third-order valence-corrected chi connectivity index (χ3v) is 4.34. The summed E-state index contributed by atoms with van der Waals surface area (Å²) in [6.07, 6.45) is 3.36. The molecule has 2 amide bonds. The minimum atomic E-state index is -0.608. The van der Waals surface area contributed by atoms with Gasteiger partial charge in [0.25, 0.3) is 0 Å². The van der Waals surface area contributed by atoms with E-state index < -0.39 is 6.04 Å². The fourth-order valence-corrected chi connectivity index (χ4v) is 2.85. The quantitative estimate of drug-likeness (QED) is 0.719. The van der Waals surface area contributed by atoms with Gasteiger partial charge in [-0.05, 0) is 13.3 Å². The average molecular weight is 346 g/mol. The van der Waals surface area contributed by atoms with Crippen LogP contribution in [0, 0.1) is 0 Å². The van der Waals surface area contributed by atoms with Gasteiger partial charge in [0.15, 0.2) is 0 Å². The lowest BCUT2D eigenvalue weighted by Crippen LogP contribution is -2.41. The predicted molar refractivity (Wildman–Crippen MR) is 95.7 cm³/mol. The van der Waals surface area contributed by atoms with E-state index in [0.717, 1.165) is 29.8 Å². The topological polar surface area (TPSA) is 84.0 Å². The van der Waals surface area contributed by atoms with Gasteiger partial charge in [-0.3, -0.25) is 14.9 Å². The van der Waals surface area contributed by atoms with E-state index >= 15 is 0 Å². The van der Waals surface area contributed by atoms with Crippen molar-refractivity contribution in [3.8, 4) is 10.6 Å². The summed E-state index contributed by atoms with van der Waals surface area (Å²) in [6, 6.07) is 9.04. The normalized spacial score (nSPS) is 11.8. The maximum Gasteiger partial charge on any atom is 0.248 e. The molecular formula is C17H22N4O2S. The van der Waals surface area contributed by atoms with Crippen molar-refractivity contribution in [2.45, 2.75) is 45.6 Å². The molecule has 24 heavy (non-hydrogen) atoms. The fourth-order valence-electron chi connectivity index (χ4n) is 2.10. The Kier molecular flexibility index (Phi) is 6.87. The fraction of sp³-hybridized carbons (Fsp3) is 0.412. The first-order chi connectivity index (χ1) is 11.6. The average Bonchev–Trinajstić information content (AvgIpc) is 3.04. The maximum absolute atomic E-state index is 12.1. The zero-order valence-corrected chi connectivity index (χ0v) is 14.7. The highest BCUT2D eigenvalue weighted by molar-refractivity contribution is 7.18. The summed E-state index contributed by atoms with van der Waals surface area (Å²) < 4.78 is 0. The van der Waals surface area contributed by atoms with Crippen LogP contribution in [-0.4, -0.2) is 28.1 Å². The van der Waals surface area contributed by atoms with E-state index in [-0.39, 0.29) is 11.8 Å². The standard InChI is InChI=1S/C17H22N4O2S/c1-3-4-6-11-14(22)18-12(2)15(23)19-17-21-20-16(24-17)13-9-7-5-8-10-13/h5,7-10,12H,3-4,6,11H2,1-2H3,(H,18,22)(H,19,21,23). The first-order valence-electron chi connectivity index (χ1n) is 8.09. The summed E-state index contributed by atoms with van der Waals surface area (Å²) in [6.45, 7) is 3.74. The van der Waals surface area contributed by atoms with Gasteiger partial charge in [-0.1, -0.05) is 61.4 Å². The van der Waals surface area contributed by atoms with Crippen LogP contribution >= 0.6 is 11.3 Å². The number of carbonyl (C=O) groups is 2. The van der Waals surface area contributed by atoms with Crippen LogP contribution in [0.2, 0.25) is 0 Å². The Morgan fingerprint density at radius 3 is 2.62 bits per heavy atom. The largest absolute Gasteiger partial charge is 0.345 e. The molecule has 0 aliphatic carbocycles. The number of nitrogens with zero attached hydrogens (tertiary/aromatic N) is 2. The van der Waals surface area contributed by atoms with Gasteiger partial charge in [0.05, 0.1) is 0 Å². The highest BCUT2D eigenvalue weighted by Gasteiger charge is 2.17. The van der Waals surface area contributed by atoms with Crippen molar-refractivity contribution in [3.05, 3.63) is 30.3 Å². The Bertz CT molecular complexity index is 672. The molecule has 0 saturated carbocycles. The molecule has 7 heteroatoms. The minimum Gasteiger partial charge on any atom is -0.345 e. The second kappa shape index (κ2) is 9.12. The molecule has 0 aliphatic heterocycles. The number of benzene rings is 1. The van der Waals surface area contributed by atoms with Gasteiger partial charge in [0.1, 0.15) is 11.0 Å². The number of hydrogen-bond acceptors (Lipinski definition) is 5. The number of amides is 2. The third kappa shape index (κ3) is 5.42. The first kappa shape index (κ1) is 18.1. The van der Waals surface area contributed by atoms with Crippen LogP contribution in [0.3, 0.4) is 0 Å². The molecule has 0 spiro atoms. The van der Waals surface area contributed by atoms with Crippen LogP contribution in [0.1, 0.15) is 39.5 Å². The van der Waals surface area contributed by atoms with Crippen molar-refractivity contribution in [2.75, 3.05) is 5.32 Å². The summed E-state index contributed by atoms with van der Waals surface area (Å²) in [5.41, 5.74) is 0.952. The Hall–Kier alpha value is -2.28. The molecule has 1 aromatic heterocycles. The summed E-state index contributed by atoms with van der Waals surface area (Å²) in [7, 11) is 0. The predicted octanol–water partition coefficient (Wildman–Crippen LogP) is 3.23. The minimum absolute atomic E-state index is 0.103. The molecule has 2 N–H and O–H groups in total. The van der Waals surface area contributed by atoms with Crippen molar-refractivity contribution in [2.24, 2.45) is 0 Å². The Labute approximate surface area is 145 Å². The molecule has 1 aromatic carbocycles. The number of carbonyl (C=O) groups excluding carboxylic acids is 2. The Morgan fingerprint density at radius 2 is 1.92 bits per heavy atom. The SMILES string of the molecule is CCCCCC(=O)NC(C)C(=O)Nc1nnc(-c2ccccc2)s1. The summed E-state index contributed by atoms with van der Waals surface area (Å²) in [5, 5.41) is 14.6. The van der Waals surface area contributed by atoms with Gasteiger partial charge in [0.2, 0.25) is 16.9 Å². The Balaban J connectivity index is 1.86. The van der Waals surface area contributed by atoms with Crippen molar-refractivity contribution in [1.82, 2.24) is 15.5 Å². The monoisotopic (exact) mass is 346 g/mol. The molecule has 1 heterocycles.